The molecule has 1 aromatic heterocycles. The van der Waals surface area contributed by atoms with Crippen LogP contribution in [0, 0.1) is 13.8 Å². The molecule has 8 heteroatoms. The Bertz CT molecular complexity index is 1370. The minimum atomic E-state index is -0.236. The number of hydrogen-bond acceptors (Lipinski definition) is 6. The lowest BCUT2D eigenvalue weighted by atomic mass is 10.1. The van der Waals surface area contributed by atoms with Crippen LogP contribution in [0.25, 0.3) is 11.0 Å². The molecular weight excluding hydrogens is 470 g/mol. The summed E-state index contributed by atoms with van der Waals surface area (Å²) in [6.45, 7) is 5.67. The number of imidazole rings is 1. The summed E-state index contributed by atoms with van der Waals surface area (Å²) in [4.78, 5) is 17.7. The van der Waals surface area contributed by atoms with Crippen LogP contribution in [0.15, 0.2) is 54.6 Å². The highest BCUT2D eigenvalue weighted by Crippen LogP contribution is 2.38. The molecule has 37 heavy (non-hydrogen) atoms. The number of benzene rings is 3. The van der Waals surface area contributed by atoms with Gasteiger partial charge in [-0.15, -0.1) is 0 Å². The van der Waals surface area contributed by atoms with E-state index < -0.39 is 0 Å². The normalized spacial score (nSPS) is 10.8. The molecule has 1 heterocycles. The van der Waals surface area contributed by atoms with E-state index in [0.29, 0.717) is 48.9 Å². The predicted molar refractivity (Wildman–Crippen MR) is 143 cm³/mol. The molecule has 0 atom stereocenters. The number of fused-ring (bicyclic) bond motifs is 1. The minimum absolute atomic E-state index is 0.236. The molecule has 0 bridgehead atoms. The van der Waals surface area contributed by atoms with Crippen LogP contribution in [-0.4, -0.2) is 49.9 Å². The van der Waals surface area contributed by atoms with Gasteiger partial charge in [0.1, 0.15) is 18.2 Å². The van der Waals surface area contributed by atoms with Gasteiger partial charge in [-0.05, 0) is 55.3 Å². The molecule has 0 unspecified atom stereocenters. The molecule has 0 radical (unpaired) electrons. The largest absolute Gasteiger partial charge is 0.493 e. The van der Waals surface area contributed by atoms with Crippen LogP contribution in [0.3, 0.4) is 0 Å². The summed E-state index contributed by atoms with van der Waals surface area (Å²) < 4.78 is 24.3. The first kappa shape index (κ1) is 25.9. The fourth-order valence-electron chi connectivity index (χ4n) is 4.28. The monoisotopic (exact) mass is 503 g/mol. The number of amides is 1. The zero-order valence-electron chi connectivity index (χ0n) is 22.0. The summed E-state index contributed by atoms with van der Waals surface area (Å²) in [5.74, 6) is 2.84. The smallest absolute Gasteiger partial charge is 0.251 e. The van der Waals surface area contributed by atoms with Crippen LogP contribution in [0.4, 0.5) is 0 Å². The standard InChI is InChI=1S/C29H33N3O5/c1-19-10-11-20(2)24(16-19)37-15-14-32-23-9-7-6-8-22(23)31-27(32)12-13-30-29(33)21-17-25(34-3)28(36-5)26(18-21)35-4/h6-11,16-18H,12-15H2,1-5H3,(H,30,33). The van der Waals surface area contributed by atoms with Crippen molar-refractivity contribution in [1.82, 2.24) is 14.9 Å². The first-order valence-electron chi connectivity index (χ1n) is 12.2. The summed E-state index contributed by atoms with van der Waals surface area (Å²) in [7, 11) is 4.57. The summed E-state index contributed by atoms with van der Waals surface area (Å²) in [5, 5.41) is 2.98. The van der Waals surface area contributed by atoms with Crippen LogP contribution in [-0.2, 0) is 13.0 Å². The average Bonchev–Trinajstić information content (AvgIpc) is 3.26. The quantitative estimate of drug-likeness (QED) is 0.319. The number of ether oxygens (including phenoxy) is 4. The number of hydrogen-bond donors (Lipinski definition) is 1. The fraction of sp³-hybridized carbons (Fsp3) is 0.310. The van der Waals surface area contributed by atoms with Crippen LogP contribution in [0.2, 0.25) is 0 Å². The van der Waals surface area contributed by atoms with Gasteiger partial charge in [0.25, 0.3) is 5.91 Å². The van der Waals surface area contributed by atoms with E-state index in [1.54, 1.807) is 12.1 Å². The van der Waals surface area contributed by atoms with Crippen LogP contribution in [0.1, 0.15) is 27.3 Å². The molecule has 0 fully saturated rings. The van der Waals surface area contributed by atoms with Gasteiger partial charge in [-0.25, -0.2) is 4.98 Å². The second-order valence-corrected chi connectivity index (χ2v) is 8.71. The van der Waals surface area contributed by atoms with Crippen molar-refractivity contribution in [1.29, 1.82) is 0 Å². The molecule has 0 aliphatic carbocycles. The maximum atomic E-state index is 12.9. The van der Waals surface area contributed by atoms with Gasteiger partial charge >= 0.3 is 0 Å². The number of para-hydroxylation sites is 2. The molecule has 0 saturated heterocycles. The molecule has 3 aromatic carbocycles. The number of methoxy groups -OCH3 is 3. The number of aryl methyl sites for hydroxylation is 2. The van der Waals surface area contributed by atoms with E-state index in [0.717, 1.165) is 33.7 Å². The Morgan fingerprint density at radius 3 is 2.35 bits per heavy atom. The van der Waals surface area contributed by atoms with Crippen molar-refractivity contribution in [2.45, 2.75) is 26.8 Å². The first-order chi connectivity index (χ1) is 17.9. The molecular formula is C29H33N3O5. The Balaban J connectivity index is 1.45. The summed E-state index contributed by atoms with van der Waals surface area (Å²) in [6.07, 6.45) is 0.564. The molecule has 194 valence electrons. The van der Waals surface area contributed by atoms with Gasteiger partial charge in [0.2, 0.25) is 5.75 Å². The number of carbonyl (C=O) groups excluding carboxylic acids is 1. The Hall–Kier alpha value is -4.20. The zero-order valence-corrected chi connectivity index (χ0v) is 22.0. The molecule has 0 saturated carbocycles. The van der Waals surface area contributed by atoms with Gasteiger partial charge in [-0.2, -0.15) is 0 Å². The maximum absolute atomic E-state index is 12.9. The summed E-state index contributed by atoms with van der Waals surface area (Å²) in [6, 6.07) is 17.5. The summed E-state index contributed by atoms with van der Waals surface area (Å²) in [5.41, 5.74) is 4.65. The SMILES string of the molecule is COc1cc(C(=O)NCCc2nc3ccccc3n2CCOc2cc(C)ccc2C)cc(OC)c1OC. The number of aromatic nitrogens is 2. The van der Waals surface area contributed by atoms with Crippen molar-refractivity contribution in [2.24, 2.45) is 0 Å². The Kier molecular flexibility index (Phi) is 8.18. The van der Waals surface area contributed by atoms with E-state index in [2.05, 4.69) is 41.1 Å². The average molecular weight is 504 g/mol. The van der Waals surface area contributed by atoms with E-state index in [9.17, 15) is 4.79 Å². The third kappa shape index (κ3) is 5.80. The van der Waals surface area contributed by atoms with Gasteiger partial charge in [0.15, 0.2) is 11.5 Å². The highest BCUT2D eigenvalue weighted by atomic mass is 16.5. The highest BCUT2D eigenvalue weighted by Gasteiger charge is 2.17. The molecule has 0 spiro atoms. The van der Waals surface area contributed by atoms with Gasteiger partial charge in [0.05, 0.1) is 38.9 Å². The maximum Gasteiger partial charge on any atom is 0.251 e. The van der Waals surface area contributed by atoms with E-state index in [-0.39, 0.29) is 5.91 Å². The summed E-state index contributed by atoms with van der Waals surface area (Å²) >= 11 is 0. The highest BCUT2D eigenvalue weighted by molar-refractivity contribution is 5.95. The Morgan fingerprint density at radius 2 is 1.65 bits per heavy atom. The second-order valence-electron chi connectivity index (χ2n) is 8.71. The molecule has 0 aliphatic heterocycles. The van der Waals surface area contributed by atoms with Crippen LogP contribution < -0.4 is 24.3 Å². The van der Waals surface area contributed by atoms with Gasteiger partial charge < -0.3 is 28.8 Å². The van der Waals surface area contributed by atoms with Crippen molar-refractivity contribution < 1.29 is 23.7 Å². The third-order valence-corrected chi connectivity index (χ3v) is 6.21. The third-order valence-electron chi connectivity index (χ3n) is 6.21. The second kappa shape index (κ2) is 11.7. The molecule has 1 N–H and O–H groups in total. The van der Waals surface area contributed by atoms with Crippen molar-refractivity contribution in [2.75, 3.05) is 34.5 Å². The lowest BCUT2D eigenvalue weighted by Gasteiger charge is -2.14. The number of nitrogens with one attached hydrogen (secondary N) is 1. The molecule has 8 nitrogen and oxygen atoms in total. The first-order valence-corrected chi connectivity index (χ1v) is 12.2. The van der Waals surface area contributed by atoms with Crippen LogP contribution in [0.5, 0.6) is 23.0 Å². The van der Waals surface area contributed by atoms with Crippen molar-refractivity contribution in [3.63, 3.8) is 0 Å². The lowest BCUT2D eigenvalue weighted by molar-refractivity contribution is 0.0953. The van der Waals surface area contributed by atoms with Gasteiger partial charge in [0, 0.05) is 18.5 Å². The van der Waals surface area contributed by atoms with Crippen LogP contribution >= 0.6 is 0 Å². The van der Waals surface area contributed by atoms with E-state index in [1.165, 1.54) is 21.3 Å². The van der Waals surface area contributed by atoms with E-state index in [1.807, 2.05) is 25.1 Å². The van der Waals surface area contributed by atoms with Crippen molar-refractivity contribution in [3.05, 3.63) is 77.1 Å². The molecule has 4 rings (SSSR count). The fourth-order valence-corrected chi connectivity index (χ4v) is 4.28. The van der Waals surface area contributed by atoms with Gasteiger partial charge in [-0.3, -0.25) is 4.79 Å². The molecule has 1 amide bonds. The zero-order chi connectivity index (χ0) is 26.4. The lowest BCUT2D eigenvalue weighted by Crippen LogP contribution is -2.27. The van der Waals surface area contributed by atoms with E-state index in [4.69, 9.17) is 23.9 Å². The van der Waals surface area contributed by atoms with Crippen molar-refractivity contribution >= 4 is 16.9 Å². The minimum Gasteiger partial charge on any atom is -0.493 e. The van der Waals surface area contributed by atoms with E-state index >= 15 is 0 Å². The Morgan fingerprint density at radius 1 is 0.919 bits per heavy atom. The number of rotatable bonds is 11. The topological polar surface area (TPSA) is 83.8 Å². The Labute approximate surface area is 217 Å². The number of nitrogens with zero attached hydrogens (tertiary/aromatic N) is 2. The predicted octanol–water partition coefficient (Wildman–Crippen LogP) is 4.73. The molecule has 4 aromatic rings. The number of carbonyl (C=O) groups is 1. The molecule has 0 aliphatic rings. The van der Waals surface area contributed by atoms with Gasteiger partial charge in [-0.1, -0.05) is 24.3 Å². The van der Waals surface area contributed by atoms with Crippen molar-refractivity contribution in [3.8, 4) is 23.0 Å².